The van der Waals surface area contributed by atoms with Gasteiger partial charge in [0.15, 0.2) is 5.82 Å². The summed E-state index contributed by atoms with van der Waals surface area (Å²) in [7, 11) is 0. The summed E-state index contributed by atoms with van der Waals surface area (Å²) >= 11 is 2.21. The third-order valence-electron chi connectivity index (χ3n) is 2.08. The van der Waals surface area contributed by atoms with E-state index in [0.717, 1.165) is 15.0 Å². The molecule has 0 saturated heterocycles. The van der Waals surface area contributed by atoms with Gasteiger partial charge < -0.3 is 5.73 Å². The zero-order valence-corrected chi connectivity index (χ0v) is 10.4. The Bertz CT molecular complexity index is 464. The predicted octanol–water partition coefficient (Wildman–Crippen LogP) is 1.89. The molecule has 0 bridgehead atoms. The van der Waals surface area contributed by atoms with E-state index >= 15 is 0 Å². The zero-order chi connectivity index (χ0) is 10.8. The van der Waals surface area contributed by atoms with Crippen molar-refractivity contribution in [1.82, 2.24) is 14.8 Å². The van der Waals surface area contributed by atoms with Crippen molar-refractivity contribution in [3.05, 3.63) is 39.9 Å². The average Bonchev–Trinajstić information content (AvgIpc) is 2.65. The smallest absolute Gasteiger partial charge is 0.158 e. The van der Waals surface area contributed by atoms with Crippen molar-refractivity contribution >= 4 is 22.6 Å². The predicted molar refractivity (Wildman–Crippen MR) is 66.7 cm³/mol. The second-order valence-electron chi connectivity index (χ2n) is 3.31. The van der Waals surface area contributed by atoms with E-state index in [-0.39, 0.29) is 6.04 Å². The summed E-state index contributed by atoms with van der Waals surface area (Å²) in [5.41, 5.74) is 6.87. The van der Waals surface area contributed by atoms with Crippen LogP contribution in [-0.2, 0) is 0 Å². The van der Waals surface area contributed by atoms with Crippen LogP contribution < -0.4 is 5.73 Å². The minimum atomic E-state index is -0.0458. The number of nitrogens with two attached hydrogens (primary N) is 1. The van der Waals surface area contributed by atoms with E-state index in [2.05, 4.69) is 32.7 Å². The Kier molecular flexibility index (Phi) is 3.01. The Morgan fingerprint density at radius 3 is 2.93 bits per heavy atom. The van der Waals surface area contributed by atoms with Gasteiger partial charge in [0.1, 0.15) is 0 Å². The first-order valence-electron chi connectivity index (χ1n) is 4.59. The fraction of sp³-hybridized carbons (Fsp3) is 0.200. The molecule has 0 aliphatic heterocycles. The van der Waals surface area contributed by atoms with Crippen LogP contribution in [-0.4, -0.2) is 14.8 Å². The number of aromatic nitrogens is 3. The second-order valence-corrected chi connectivity index (χ2v) is 4.55. The van der Waals surface area contributed by atoms with Crippen molar-refractivity contribution in [2.24, 2.45) is 5.73 Å². The lowest BCUT2D eigenvalue weighted by Crippen LogP contribution is -2.11. The molecule has 78 valence electrons. The first-order valence-corrected chi connectivity index (χ1v) is 5.67. The number of hydrogen-bond donors (Lipinski definition) is 1. The topological polar surface area (TPSA) is 56.7 Å². The Balaban J connectivity index is 2.52. The van der Waals surface area contributed by atoms with Gasteiger partial charge in [-0.1, -0.05) is 6.07 Å². The molecular weight excluding hydrogens is 303 g/mol. The van der Waals surface area contributed by atoms with Crippen LogP contribution in [0.25, 0.3) is 5.82 Å². The van der Waals surface area contributed by atoms with E-state index in [9.17, 15) is 0 Å². The molecule has 2 aromatic heterocycles. The van der Waals surface area contributed by atoms with Crippen LogP contribution in [0.4, 0.5) is 0 Å². The van der Waals surface area contributed by atoms with Crippen LogP contribution in [0.1, 0.15) is 18.5 Å². The SMILES string of the molecule is C[C@H](N)c1cccnc1-n1cc(I)cn1. The van der Waals surface area contributed by atoms with Crippen molar-refractivity contribution < 1.29 is 0 Å². The maximum Gasteiger partial charge on any atom is 0.158 e. The Morgan fingerprint density at radius 1 is 1.53 bits per heavy atom. The number of hydrogen-bond acceptors (Lipinski definition) is 3. The summed E-state index contributed by atoms with van der Waals surface area (Å²) in [6.07, 6.45) is 5.46. The van der Waals surface area contributed by atoms with Crippen LogP contribution in [0.2, 0.25) is 0 Å². The lowest BCUT2D eigenvalue weighted by molar-refractivity contribution is 0.761. The Labute approximate surface area is 102 Å². The van der Waals surface area contributed by atoms with Crippen LogP contribution >= 0.6 is 22.6 Å². The van der Waals surface area contributed by atoms with Gasteiger partial charge in [0.2, 0.25) is 0 Å². The molecule has 2 rings (SSSR count). The van der Waals surface area contributed by atoms with Crippen LogP contribution in [0.5, 0.6) is 0 Å². The molecule has 0 aromatic carbocycles. The fourth-order valence-corrected chi connectivity index (χ4v) is 1.76. The molecule has 2 heterocycles. The van der Waals surface area contributed by atoms with Gasteiger partial charge in [-0.3, -0.25) is 0 Å². The Hall–Kier alpha value is -0.950. The highest BCUT2D eigenvalue weighted by Crippen LogP contribution is 2.17. The molecule has 0 aliphatic carbocycles. The highest BCUT2D eigenvalue weighted by molar-refractivity contribution is 14.1. The molecule has 1 atom stereocenters. The van der Waals surface area contributed by atoms with Crippen molar-refractivity contribution in [1.29, 1.82) is 0 Å². The van der Waals surface area contributed by atoms with Gasteiger partial charge >= 0.3 is 0 Å². The normalized spacial score (nSPS) is 12.7. The minimum Gasteiger partial charge on any atom is -0.324 e. The van der Waals surface area contributed by atoms with E-state index in [0.29, 0.717) is 0 Å². The monoisotopic (exact) mass is 314 g/mol. The zero-order valence-electron chi connectivity index (χ0n) is 8.26. The highest BCUT2D eigenvalue weighted by Gasteiger charge is 2.09. The van der Waals surface area contributed by atoms with E-state index in [1.807, 2.05) is 25.3 Å². The summed E-state index contributed by atoms with van der Waals surface area (Å²) in [6, 6.07) is 3.81. The van der Waals surface area contributed by atoms with E-state index in [1.54, 1.807) is 17.1 Å². The Morgan fingerprint density at radius 2 is 2.33 bits per heavy atom. The molecule has 0 unspecified atom stereocenters. The van der Waals surface area contributed by atoms with Crippen molar-refractivity contribution in [2.75, 3.05) is 0 Å². The highest BCUT2D eigenvalue weighted by atomic mass is 127. The summed E-state index contributed by atoms with van der Waals surface area (Å²) in [6.45, 7) is 1.94. The molecule has 5 heteroatoms. The third kappa shape index (κ3) is 2.18. The number of nitrogens with zero attached hydrogens (tertiary/aromatic N) is 3. The van der Waals surface area contributed by atoms with Gasteiger partial charge in [-0.2, -0.15) is 5.10 Å². The maximum atomic E-state index is 5.88. The summed E-state index contributed by atoms with van der Waals surface area (Å²) in [4.78, 5) is 4.30. The van der Waals surface area contributed by atoms with E-state index in [1.165, 1.54) is 0 Å². The van der Waals surface area contributed by atoms with Gasteiger partial charge in [-0.05, 0) is 35.6 Å². The first-order chi connectivity index (χ1) is 7.18. The van der Waals surface area contributed by atoms with Crippen molar-refractivity contribution in [3.63, 3.8) is 0 Å². The molecule has 0 amide bonds. The fourth-order valence-electron chi connectivity index (χ4n) is 1.37. The van der Waals surface area contributed by atoms with Gasteiger partial charge in [0.05, 0.1) is 9.77 Å². The summed E-state index contributed by atoms with van der Waals surface area (Å²) in [5.74, 6) is 0.801. The molecule has 4 nitrogen and oxygen atoms in total. The second kappa shape index (κ2) is 4.28. The lowest BCUT2D eigenvalue weighted by atomic mass is 10.1. The van der Waals surface area contributed by atoms with Gasteiger partial charge in [-0.25, -0.2) is 9.67 Å². The first kappa shape index (κ1) is 10.6. The number of halogens is 1. The number of rotatable bonds is 2. The largest absolute Gasteiger partial charge is 0.324 e. The quantitative estimate of drug-likeness (QED) is 0.861. The van der Waals surface area contributed by atoms with Gasteiger partial charge in [0, 0.05) is 24.0 Å². The summed E-state index contributed by atoms with van der Waals surface area (Å²) < 4.78 is 2.83. The van der Waals surface area contributed by atoms with Crippen LogP contribution in [0.15, 0.2) is 30.7 Å². The molecule has 0 aliphatic rings. The lowest BCUT2D eigenvalue weighted by Gasteiger charge is -2.10. The molecule has 0 radical (unpaired) electrons. The van der Waals surface area contributed by atoms with Crippen LogP contribution in [0.3, 0.4) is 0 Å². The molecule has 0 saturated carbocycles. The molecule has 0 fully saturated rings. The standard InChI is InChI=1S/C10H11IN4/c1-7(12)9-3-2-4-13-10(9)15-6-8(11)5-14-15/h2-7H,12H2,1H3/t7-/m0/s1. The summed E-state index contributed by atoms with van der Waals surface area (Å²) in [5, 5.41) is 4.22. The molecule has 15 heavy (non-hydrogen) atoms. The van der Waals surface area contributed by atoms with E-state index < -0.39 is 0 Å². The minimum absolute atomic E-state index is 0.0458. The molecular formula is C10H11IN4. The third-order valence-corrected chi connectivity index (χ3v) is 2.63. The van der Waals surface area contributed by atoms with Gasteiger partial charge in [0.25, 0.3) is 0 Å². The molecule has 0 spiro atoms. The average molecular weight is 314 g/mol. The molecule has 2 aromatic rings. The molecule has 2 N–H and O–H groups in total. The number of pyridine rings is 1. The van der Waals surface area contributed by atoms with E-state index in [4.69, 9.17) is 5.73 Å². The van der Waals surface area contributed by atoms with Gasteiger partial charge in [-0.15, -0.1) is 0 Å². The van der Waals surface area contributed by atoms with Crippen LogP contribution in [0, 0.1) is 3.57 Å². The van der Waals surface area contributed by atoms with Crippen molar-refractivity contribution in [3.8, 4) is 5.82 Å². The van der Waals surface area contributed by atoms with Crippen molar-refractivity contribution in [2.45, 2.75) is 13.0 Å². The maximum absolute atomic E-state index is 5.88.